The minimum Gasteiger partial charge on any atom is -0.396 e. The average molecular weight is 306 g/mol. The number of carbonyl (C=O) groups is 1. The molecule has 22 heavy (non-hydrogen) atoms. The van der Waals surface area contributed by atoms with Crippen LogP contribution in [0, 0.1) is 5.92 Å². The van der Waals surface area contributed by atoms with Crippen LogP contribution in [0.5, 0.6) is 0 Å². The van der Waals surface area contributed by atoms with Crippen LogP contribution in [0.25, 0.3) is 0 Å². The molecule has 0 unspecified atom stereocenters. The Balaban J connectivity index is 1.94. The number of rotatable bonds is 5. The van der Waals surface area contributed by atoms with Crippen LogP contribution in [0.1, 0.15) is 44.3 Å². The van der Waals surface area contributed by atoms with E-state index in [0.717, 1.165) is 36.9 Å². The van der Waals surface area contributed by atoms with E-state index in [0.29, 0.717) is 0 Å². The summed E-state index contributed by atoms with van der Waals surface area (Å²) in [5.41, 5.74) is 1.77. The molecule has 122 valence electrons. The lowest BCUT2D eigenvalue weighted by Gasteiger charge is -2.30. The highest BCUT2D eigenvalue weighted by molar-refractivity contribution is 5.89. The molecule has 5 nitrogen and oxygen atoms in total. The van der Waals surface area contributed by atoms with Gasteiger partial charge in [0, 0.05) is 31.4 Å². The molecule has 1 aliphatic rings. The van der Waals surface area contributed by atoms with Crippen LogP contribution in [0.3, 0.4) is 0 Å². The van der Waals surface area contributed by atoms with Crippen molar-refractivity contribution in [2.75, 3.05) is 19.0 Å². The van der Waals surface area contributed by atoms with Gasteiger partial charge in [0.15, 0.2) is 0 Å². The molecule has 0 saturated heterocycles. The molecule has 5 heteroatoms. The lowest BCUT2D eigenvalue weighted by molar-refractivity contribution is 0.119. The van der Waals surface area contributed by atoms with Crippen LogP contribution < -0.4 is 10.6 Å². The second-order valence-electron chi connectivity index (χ2n) is 5.94. The number of urea groups is 1. The van der Waals surface area contributed by atoms with Crippen LogP contribution >= 0.6 is 0 Å². The van der Waals surface area contributed by atoms with Crippen molar-refractivity contribution < 1.29 is 14.6 Å². The molecule has 0 heterocycles. The van der Waals surface area contributed by atoms with Crippen molar-refractivity contribution in [3.63, 3.8) is 0 Å². The van der Waals surface area contributed by atoms with Gasteiger partial charge in [0.2, 0.25) is 0 Å². The highest BCUT2D eigenvalue weighted by atomic mass is 16.5. The van der Waals surface area contributed by atoms with Crippen molar-refractivity contribution in [1.29, 1.82) is 0 Å². The number of aliphatic hydroxyl groups is 1. The van der Waals surface area contributed by atoms with Gasteiger partial charge in [-0.15, -0.1) is 0 Å². The quantitative estimate of drug-likeness (QED) is 0.783. The molecule has 1 aromatic rings. The summed E-state index contributed by atoms with van der Waals surface area (Å²) < 4.78 is 5.29. The van der Waals surface area contributed by atoms with E-state index in [1.54, 1.807) is 7.11 Å². The van der Waals surface area contributed by atoms with Crippen LogP contribution in [-0.2, 0) is 4.74 Å². The van der Waals surface area contributed by atoms with E-state index in [1.807, 2.05) is 31.2 Å². The minimum atomic E-state index is -0.215. The number of aliphatic hydroxyl groups excluding tert-OH is 1. The molecule has 0 aliphatic heterocycles. The number of amides is 2. The first kappa shape index (κ1) is 16.8. The van der Waals surface area contributed by atoms with Crippen LogP contribution in [0.15, 0.2) is 24.3 Å². The fourth-order valence-electron chi connectivity index (χ4n) is 2.96. The minimum absolute atomic E-state index is 0.0121. The Morgan fingerprint density at radius 1 is 1.41 bits per heavy atom. The van der Waals surface area contributed by atoms with Crippen molar-refractivity contribution in [1.82, 2.24) is 5.32 Å². The molecule has 0 spiro atoms. The molecule has 0 bridgehead atoms. The zero-order valence-corrected chi connectivity index (χ0v) is 13.3. The Morgan fingerprint density at radius 3 is 2.91 bits per heavy atom. The Bertz CT molecular complexity index is 493. The first-order valence-electron chi connectivity index (χ1n) is 7.95. The molecule has 0 radical (unpaired) electrons. The Morgan fingerprint density at radius 2 is 2.18 bits per heavy atom. The third-order valence-corrected chi connectivity index (χ3v) is 4.43. The van der Waals surface area contributed by atoms with Gasteiger partial charge in [-0.05, 0) is 37.5 Å². The summed E-state index contributed by atoms with van der Waals surface area (Å²) in [7, 11) is 1.66. The molecule has 1 aromatic carbocycles. The largest absolute Gasteiger partial charge is 0.396 e. The molecular formula is C17H26N2O3. The maximum atomic E-state index is 12.2. The van der Waals surface area contributed by atoms with Crippen molar-refractivity contribution in [3.05, 3.63) is 29.8 Å². The van der Waals surface area contributed by atoms with E-state index < -0.39 is 0 Å². The predicted octanol–water partition coefficient (Wildman–Crippen LogP) is 3.07. The summed E-state index contributed by atoms with van der Waals surface area (Å²) in [4.78, 5) is 12.2. The first-order valence-corrected chi connectivity index (χ1v) is 7.95. The van der Waals surface area contributed by atoms with Crippen LogP contribution in [-0.4, -0.2) is 30.9 Å². The second-order valence-corrected chi connectivity index (χ2v) is 5.94. The number of hydrogen-bond donors (Lipinski definition) is 3. The fraction of sp³-hybridized carbons (Fsp3) is 0.588. The summed E-state index contributed by atoms with van der Waals surface area (Å²) in [5, 5.41) is 15.3. The lowest BCUT2D eigenvalue weighted by Crippen LogP contribution is -2.45. The topological polar surface area (TPSA) is 70.6 Å². The van der Waals surface area contributed by atoms with Crippen molar-refractivity contribution >= 4 is 11.7 Å². The number of carbonyl (C=O) groups excluding carboxylic acids is 1. The number of ether oxygens (including phenoxy) is 1. The predicted molar refractivity (Wildman–Crippen MR) is 86.9 cm³/mol. The third-order valence-electron chi connectivity index (χ3n) is 4.43. The molecule has 0 aromatic heterocycles. The van der Waals surface area contributed by atoms with Gasteiger partial charge in [-0.3, -0.25) is 0 Å². The lowest BCUT2D eigenvalue weighted by atomic mass is 9.85. The Labute approximate surface area is 132 Å². The molecule has 1 fully saturated rings. The molecule has 3 atom stereocenters. The van der Waals surface area contributed by atoms with Gasteiger partial charge < -0.3 is 20.5 Å². The van der Waals surface area contributed by atoms with Crippen molar-refractivity contribution in [2.24, 2.45) is 5.92 Å². The SMILES string of the molecule is CO[C@H](C)c1cccc(NC(=O)N[C@H]2CCCC[C@H]2CO)c1. The monoisotopic (exact) mass is 306 g/mol. The van der Waals surface area contributed by atoms with E-state index >= 15 is 0 Å². The highest BCUT2D eigenvalue weighted by Crippen LogP contribution is 2.24. The molecule has 2 rings (SSSR count). The third kappa shape index (κ3) is 4.45. The molecule has 3 N–H and O–H groups in total. The number of anilines is 1. The molecule has 1 aliphatic carbocycles. The summed E-state index contributed by atoms with van der Waals surface area (Å²) in [6, 6.07) is 7.48. The smallest absolute Gasteiger partial charge is 0.319 e. The van der Waals surface area contributed by atoms with Crippen molar-refractivity contribution in [3.8, 4) is 0 Å². The number of methoxy groups -OCH3 is 1. The molecule has 2 amide bonds. The Hall–Kier alpha value is -1.59. The van der Waals surface area contributed by atoms with E-state index in [2.05, 4.69) is 10.6 Å². The zero-order valence-electron chi connectivity index (χ0n) is 13.3. The summed E-state index contributed by atoms with van der Waals surface area (Å²) in [6.07, 6.45) is 4.12. The standard InChI is InChI=1S/C17H26N2O3/c1-12(22-2)13-7-5-8-15(10-13)18-17(21)19-16-9-4-3-6-14(16)11-20/h5,7-8,10,12,14,16,20H,3-4,6,9,11H2,1-2H3,(H2,18,19,21)/t12-,14+,16+/m1/s1. The van der Waals surface area contributed by atoms with E-state index in [4.69, 9.17) is 4.74 Å². The molecule has 1 saturated carbocycles. The van der Waals surface area contributed by atoms with Gasteiger partial charge in [0.05, 0.1) is 6.10 Å². The van der Waals surface area contributed by atoms with E-state index in [9.17, 15) is 9.90 Å². The van der Waals surface area contributed by atoms with Gasteiger partial charge >= 0.3 is 6.03 Å². The summed E-state index contributed by atoms with van der Waals surface area (Å²) in [6.45, 7) is 2.10. The second kappa shape index (κ2) is 8.15. The van der Waals surface area contributed by atoms with E-state index in [1.165, 1.54) is 0 Å². The van der Waals surface area contributed by atoms with Gasteiger partial charge in [-0.1, -0.05) is 25.0 Å². The summed E-state index contributed by atoms with van der Waals surface area (Å²) >= 11 is 0. The number of nitrogens with one attached hydrogen (secondary N) is 2. The number of hydrogen-bond acceptors (Lipinski definition) is 3. The first-order chi connectivity index (χ1) is 10.6. The van der Waals surface area contributed by atoms with E-state index in [-0.39, 0.29) is 30.7 Å². The normalized spacial score (nSPS) is 22.9. The Kier molecular flexibility index (Phi) is 6.21. The highest BCUT2D eigenvalue weighted by Gasteiger charge is 2.25. The van der Waals surface area contributed by atoms with Gasteiger partial charge in [-0.25, -0.2) is 4.79 Å². The molecular weight excluding hydrogens is 280 g/mol. The average Bonchev–Trinajstić information content (AvgIpc) is 2.54. The van der Waals surface area contributed by atoms with Gasteiger partial charge in [0.25, 0.3) is 0 Å². The zero-order chi connectivity index (χ0) is 15.9. The van der Waals surface area contributed by atoms with Crippen LogP contribution in [0.2, 0.25) is 0 Å². The van der Waals surface area contributed by atoms with Crippen LogP contribution in [0.4, 0.5) is 10.5 Å². The fourth-order valence-corrected chi connectivity index (χ4v) is 2.96. The van der Waals surface area contributed by atoms with Gasteiger partial charge in [-0.2, -0.15) is 0 Å². The maximum absolute atomic E-state index is 12.2. The summed E-state index contributed by atoms with van der Waals surface area (Å²) in [5.74, 6) is 0.166. The van der Waals surface area contributed by atoms with Gasteiger partial charge in [0.1, 0.15) is 0 Å². The maximum Gasteiger partial charge on any atom is 0.319 e. The number of benzene rings is 1. The van der Waals surface area contributed by atoms with Crippen molar-refractivity contribution in [2.45, 2.75) is 44.8 Å².